The Bertz CT molecular complexity index is 840. The van der Waals surface area contributed by atoms with E-state index in [1.165, 1.54) is 0 Å². The number of benzene rings is 2. The van der Waals surface area contributed by atoms with E-state index in [9.17, 15) is 4.79 Å². The first-order chi connectivity index (χ1) is 12.2. The highest BCUT2D eigenvalue weighted by Crippen LogP contribution is 2.16. The van der Waals surface area contributed by atoms with Crippen LogP contribution in [-0.2, 0) is 17.8 Å². The summed E-state index contributed by atoms with van der Waals surface area (Å²) in [6, 6.07) is 21.3. The summed E-state index contributed by atoms with van der Waals surface area (Å²) >= 11 is 1.56. The second kappa shape index (κ2) is 8.26. The lowest BCUT2D eigenvalue weighted by atomic mass is 10.1. The largest absolute Gasteiger partial charge is 0.383 e. The molecule has 1 heterocycles. The molecule has 0 spiro atoms. The molecule has 0 bridgehead atoms. The molecule has 3 N–H and O–H groups in total. The molecular formula is C20H19N3OS. The Hall–Kier alpha value is -2.92. The summed E-state index contributed by atoms with van der Waals surface area (Å²) in [5.41, 5.74) is 8.79. The maximum atomic E-state index is 12.0. The van der Waals surface area contributed by atoms with E-state index in [0.29, 0.717) is 18.8 Å². The van der Waals surface area contributed by atoms with Gasteiger partial charge in [-0.15, -0.1) is 11.3 Å². The zero-order chi connectivity index (χ0) is 17.5. The van der Waals surface area contributed by atoms with Crippen molar-refractivity contribution >= 4 is 28.8 Å². The third-order valence-corrected chi connectivity index (χ3v) is 4.55. The number of carbonyl (C=O) groups excluding carboxylic acids is 1. The van der Waals surface area contributed by atoms with E-state index < -0.39 is 0 Å². The van der Waals surface area contributed by atoms with Gasteiger partial charge in [-0.3, -0.25) is 4.79 Å². The van der Waals surface area contributed by atoms with E-state index in [0.717, 1.165) is 21.7 Å². The van der Waals surface area contributed by atoms with E-state index >= 15 is 0 Å². The molecule has 126 valence electrons. The molecular weight excluding hydrogens is 330 g/mol. The highest BCUT2D eigenvalue weighted by Gasteiger charge is 2.04. The van der Waals surface area contributed by atoms with Gasteiger partial charge >= 0.3 is 0 Å². The molecule has 0 aliphatic rings. The Balaban J connectivity index is 1.55. The third kappa shape index (κ3) is 5.02. The van der Waals surface area contributed by atoms with Crippen LogP contribution in [0, 0.1) is 0 Å². The minimum absolute atomic E-state index is 0.00166. The van der Waals surface area contributed by atoms with Crippen LogP contribution in [0.25, 0.3) is 0 Å². The first kappa shape index (κ1) is 16.9. The molecule has 25 heavy (non-hydrogen) atoms. The van der Waals surface area contributed by atoms with Crippen molar-refractivity contribution in [3.8, 4) is 0 Å². The smallest absolute Gasteiger partial charge is 0.224 e. The molecule has 3 rings (SSSR count). The number of carbonyl (C=O) groups is 1. The lowest BCUT2D eigenvalue weighted by molar-refractivity contribution is -0.120. The van der Waals surface area contributed by atoms with Crippen molar-refractivity contribution in [3.05, 3.63) is 88.1 Å². The average molecular weight is 349 g/mol. The molecule has 4 nitrogen and oxygen atoms in total. The topological polar surface area (TPSA) is 67.5 Å². The summed E-state index contributed by atoms with van der Waals surface area (Å²) in [4.78, 5) is 17.4. The fraction of sp³-hybridized carbons (Fsp3) is 0.100. The highest BCUT2D eigenvalue weighted by molar-refractivity contribution is 7.12. The van der Waals surface area contributed by atoms with Gasteiger partial charge in [0.2, 0.25) is 5.91 Å². The van der Waals surface area contributed by atoms with E-state index in [1.54, 1.807) is 11.3 Å². The molecule has 3 aromatic rings. The molecule has 0 unspecified atom stereocenters. The van der Waals surface area contributed by atoms with Gasteiger partial charge in [0, 0.05) is 6.54 Å². The van der Waals surface area contributed by atoms with Gasteiger partial charge in [-0.05, 0) is 34.7 Å². The molecule has 1 aromatic heterocycles. The summed E-state index contributed by atoms with van der Waals surface area (Å²) in [5.74, 6) is 0.501. The fourth-order valence-corrected chi connectivity index (χ4v) is 2.98. The number of nitrogens with two attached hydrogens (primary N) is 1. The van der Waals surface area contributed by atoms with Gasteiger partial charge in [0.15, 0.2) is 0 Å². The molecule has 0 atom stereocenters. The fourth-order valence-electron chi connectivity index (χ4n) is 2.35. The van der Waals surface area contributed by atoms with Gasteiger partial charge in [-0.25, -0.2) is 4.99 Å². The minimum atomic E-state index is -0.00166. The highest BCUT2D eigenvalue weighted by atomic mass is 32.1. The zero-order valence-electron chi connectivity index (χ0n) is 13.7. The monoisotopic (exact) mass is 349 g/mol. The second-order valence-corrected chi connectivity index (χ2v) is 6.53. The van der Waals surface area contributed by atoms with E-state index in [2.05, 4.69) is 10.3 Å². The standard InChI is InChI=1S/C20H19N3OS/c21-20(18-7-4-12-25-18)23-17-10-8-15(9-11-17)13-19(24)22-14-16-5-2-1-3-6-16/h1-12H,13-14H2,(H2,21,23)(H,22,24). The van der Waals surface area contributed by atoms with Crippen LogP contribution in [0.1, 0.15) is 16.0 Å². The van der Waals surface area contributed by atoms with Crippen molar-refractivity contribution in [2.45, 2.75) is 13.0 Å². The van der Waals surface area contributed by atoms with Crippen LogP contribution in [0.4, 0.5) is 5.69 Å². The summed E-state index contributed by atoms with van der Waals surface area (Å²) in [6.45, 7) is 0.541. The maximum Gasteiger partial charge on any atom is 0.224 e. The molecule has 0 fully saturated rings. The van der Waals surface area contributed by atoms with Gasteiger partial charge < -0.3 is 11.1 Å². The Morgan fingerprint density at radius 1 is 0.960 bits per heavy atom. The van der Waals surface area contributed by atoms with Crippen LogP contribution in [0.3, 0.4) is 0 Å². The predicted molar refractivity (Wildman–Crippen MR) is 103 cm³/mol. The Morgan fingerprint density at radius 2 is 1.72 bits per heavy atom. The third-order valence-electron chi connectivity index (χ3n) is 3.66. The SMILES string of the molecule is NC(=Nc1ccc(CC(=O)NCc2ccccc2)cc1)c1cccs1. The molecule has 0 saturated heterocycles. The quantitative estimate of drug-likeness (QED) is 0.527. The number of amides is 1. The first-order valence-corrected chi connectivity index (χ1v) is 8.86. The number of nitrogens with zero attached hydrogens (tertiary/aromatic N) is 1. The number of nitrogens with one attached hydrogen (secondary N) is 1. The second-order valence-electron chi connectivity index (χ2n) is 5.58. The molecule has 0 radical (unpaired) electrons. The maximum absolute atomic E-state index is 12.0. The summed E-state index contributed by atoms with van der Waals surface area (Å²) in [6.07, 6.45) is 0.344. The number of hydrogen-bond donors (Lipinski definition) is 2. The van der Waals surface area contributed by atoms with Crippen LogP contribution in [0.2, 0.25) is 0 Å². The van der Waals surface area contributed by atoms with Crippen LogP contribution >= 0.6 is 11.3 Å². The molecule has 0 aliphatic carbocycles. The summed E-state index contributed by atoms with van der Waals surface area (Å²) < 4.78 is 0. The van der Waals surface area contributed by atoms with Crippen molar-refractivity contribution < 1.29 is 4.79 Å². The van der Waals surface area contributed by atoms with E-state index in [-0.39, 0.29) is 5.91 Å². The number of amidine groups is 1. The van der Waals surface area contributed by atoms with Crippen molar-refractivity contribution in [2.24, 2.45) is 10.7 Å². The van der Waals surface area contributed by atoms with Crippen molar-refractivity contribution in [1.29, 1.82) is 0 Å². The Morgan fingerprint density at radius 3 is 2.40 bits per heavy atom. The predicted octanol–water partition coefficient (Wildman–Crippen LogP) is 3.64. The van der Waals surface area contributed by atoms with Gasteiger partial charge in [0.05, 0.1) is 17.0 Å². The molecule has 2 aromatic carbocycles. The Labute approximate surface area is 151 Å². The van der Waals surface area contributed by atoms with Crippen molar-refractivity contribution in [2.75, 3.05) is 0 Å². The van der Waals surface area contributed by atoms with Crippen LogP contribution in [0.5, 0.6) is 0 Å². The number of rotatable bonds is 6. The van der Waals surface area contributed by atoms with Crippen molar-refractivity contribution in [3.63, 3.8) is 0 Å². The van der Waals surface area contributed by atoms with Gasteiger partial charge in [0.25, 0.3) is 0 Å². The van der Waals surface area contributed by atoms with Crippen LogP contribution in [-0.4, -0.2) is 11.7 Å². The van der Waals surface area contributed by atoms with Gasteiger partial charge in [-0.2, -0.15) is 0 Å². The number of aliphatic imine (C=N–C) groups is 1. The zero-order valence-corrected chi connectivity index (χ0v) is 14.5. The van der Waals surface area contributed by atoms with Crippen LogP contribution < -0.4 is 11.1 Å². The Kier molecular flexibility index (Phi) is 5.59. The van der Waals surface area contributed by atoms with E-state index in [1.807, 2.05) is 72.1 Å². The molecule has 1 amide bonds. The molecule has 0 saturated carbocycles. The van der Waals surface area contributed by atoms with Crippen LogP contribution in [0.15, 0.2) is 77.1 Å². The first-order valence-electron chi connectivity index (χ1n) is 7.98. The number of hydrogen-bond acceptors (Lipinski definition) is 3. The van der Waals surface area contributed by atoms with E-state index in [4.69, 9.17) is 5.73 Å². The molecule has 5 heteroatoms. The summed E-state index contributed by atoms with van der Waals surface area (Å²) in [5, 5.41) is 4.89. The average Bonchev–Trinajstić information content (AvgIpc) is 3.17. The lowest BCUT2D eigenvalue weighted by Gasteiger charge is -2.06. The lowest BCUT2D eigenvalue weighted by Crippen LogP contribution is -2.24. The van der Waals surface area contributed by atoms with Gasteiger partial charge in [0.1, 0.15) is 5.84 Å². The summed E-state index contributed by atoms with van der Waals surface area (Å²) in [7, 11) is 0. The molecule has 0 aliphatic heterocycles. The van der Waals surface area contributed by atoms with Crippen molar-refractivity contribution in [1.82, 2.24) is 5.32 Å². The minimum Gasteiger partial charge on any atom is -0.383 e. The van der Waals surface area contributed by atoms with Gasteiger partial charge in [-0.1, -0.05) is 48.5 Å². The normalized spacial score (nSPS) is 11.3. The number of thiophene rings is 1.